The molecule has 0 bridgehead atoms. The van der Waals surface area contributed by atoms with Gasteiger partial charge in [-0.05, 0) is 74.1 Å². The quantitative estimate of drug-likeness (QED) is 0.504. The van der Waals surface area contributed by atoms with E-state index in [9.17, 15) is 14.7 Å². The van der Waals surface area contributed by atoms with E-state index in [0.717, 1.165) is 16.7 Å². The molecule has 4 nitrogen and oxygen atoms in total. The second-order valence-corrected chi connectivity index (χ2v) is 7.88. The molecule has 2 aromatic rings. The molecule has 148 valence electrons. The number of hydrogen-bond acceptors (Lipinski definition) is 3. The molecular formula is C24H28O4. The molecule has 4 heteroatoms. The van der Waals surface area contributed by atoms with Gasteiger partial charge in [-0.15, -0.1) is 0 Å². The first-order valence-corrected chi connectivity index (χ1v) is 9.37. The Labute approximate surface area is 166 Å². The number of carboxylic acids is 1. The molecule has 0 saturated carbocycles. The van der Waals surface area contributed by atoms with Gasteiger partial charge in [0.05, 0.1) is 0 Å². The second kappa shape index (κ2) is 8.42. The number of allylic oxidation sites excluding steroid dienone is 1. The summed E-state index contributed by atoms with van der Waals surface area (Å²) in [6, 6.07) is 11.4. The molecule has 28 heavy (non-hydrogen) atoms. The summed E-state index contributed by atoms with van der Waals surface area (Å²) in [6.07, 6.45) is 3.32. The van der Waals surface area contributed by atoms with E-state index in [4.69, 9.17) is 4.74 Å². The molecule has 0 fully saturated rings. The number of ketones is 1. The number of hydrogen-bond donors (Lipinski definition) is 1. The highest BCUT2D eigenvalue weighted by molar-refractivity contribution is 6.06. The zero-order valence-electron chi connectivity index (χ0n) is 17.4. The van der Waals surface area contributed by atoms with E-state index in [-0.39, 0.29) is 5.78 Å². The molecule has 0 saturated heterocycles. The standard InChI is InChI=1S/C24H28O4/c1-15(2)19-8-10-20(11-9-19)21(25)12-7-18-13-16(3)22(17(4)14-18)28-24(5,6)23(26)27/h7-15H,1-6H3,(H,26,27)/b12-7+. The van der Waals surface area contributed by atoms with Gasteiger partial charge in [0.25, 0.3) is 0 Å². The van der Waals surface area contributed by atoms with Crippen LogP contribution in [0.1, 0.15) is 66.2 Å². The van der Waals surface area contributed by atoms with Crippen molar-refractivity contribution in [2.75, 3.05) is 0 Å². The maximum Gasteiger partial charge on any atom is 0.347 e. The average Bonchev–Trinajstić information content (AvgIpc) is 2.62. The van der Waals surface area contributed by atoms with E-state index in [2.05, 4.69) is 13.8 Å². The van der Waals surface area contributed by atoms with Gasteiger partial charge >= 0.3 is 5.97 Å². The van der Waals surface area contributed by atoms with E-state index >= 15 is 0 Å². The van der Waals surface area contributed by atoms with E-state index < -0.39 is 11.6 Å². The summed E-state index contributed by atoms with van der Waals surface area (Å²) in [5.74, 6) is -0.0973. The molecular weight excluding hydrogens is 352 g/mol. The largest absolute Gasteiger partial charge is 0.478 e. The first kappa shape index (κ1) is 21.4. The molecule has 1 N–H and O–H groups in total. The van der Waals surface area contributed by atoms with Gasteiger partial charge in [0.15, 0.2) is 11.4 Å². The van der Waals surface area contributed by atoms with E-state index in [1.807, 2.05) is 50.2 Å². The van der Waals surface area contributed by atoms with Crippen LogP contribution in [-0.4, -0.2) is 22.5 Å². The van der Waals surface area contributed by atoms with E-state index in [1.54, 1.807) is 12.2 Å². The van der Waals surface area contributed by atoms with Crippen LogP contribution in [0.2, 0.25) is 0 Å². The summed E-state index contributed by atoms with van der Waals surface area (Å²) < 4.78 is 5.71. The van der Waals surface area contributed by atoms with Gasteiger partial charge in [-0.25, -0.2) is 4.79 Å². The van der Waals surface area contributed by atoms with Gasteiger partial charge in [0.1, 0.15) is 5.75 Å². The lowest BCUT2D eigenvalue weighted by atomic mass is 10.00. The van der Waals surface area contributed by atoms with Crippen LogP contribution in [0.15, 0.2) is 42.5 Å². The number of benzene rings is 2. The Balaban J connectivity index is 2.20. The lowest BCUT2D eigenvalue weighted by Crippen LogP contribution is -2.38. The van der Waals surface area contributed by atoms with Crippen molar-refractivity contribution in [3.63, 3.8) is 0 Å². The lowest BCUT2D eigenvalue weighted by Gasteiger charge is -2.24. The van der Waals surface area contributed by atoms with Crippen molar-refractivity contribution in [2.45, 2.75) is 53.1 Å². The third-order valence-electron chi connectivity index (χ3n) is 4.64. The van der Waals surface area contributed by atoms with Gasteiger partial charge in [0, 0.05) is 5.56 Å². The predicted molar refractivity (Wildman–Crippen MR) is 112 cm³/mol. The average molecular weight is 380 g/mol. The predicted octanol–water partition coefficient (Wildman–Crippen LogP) is 5.56. The molecule has 0 heterocycles. The van der Waals surface area contributed by atoms with Crippen molar-refractivity contribution in [3.8, 4) is 5.75 Å². The third kappa shape index (κ3) is 5.10. The Morgan fingerprint density at radius 2 is 1.57 bits per heavy atom. The van der Waals surface area contributed by atoms with Gasteiger partial charge in [-0.1, -0.05) is 44.2 Å². The highest BCUT2D eigenvalue weighted by Crippen LogP contribution is 2.29. The van der Waals surface area contributed by atoms with Crippen LogP contribution in [0.5, 0.6) is 5.75 Å². The highest BCUT2D eigenvalue weighted by Gasteiger charge is 2.30. The summed E-state index contributed by atoms with van der Waals surface area (Å²) in [5, 5.41) is 9.27. The second-order valence-electron chi connectivity index (χ2n) is 7.88. The molecule has 2 rings (SSSR count). The number of carboxylic acid groups (broad SMARTS) is 1. The number of aliphatic carboxylic acids is 1. The van der Waals surface area contributed by atoms with Crippen molar-refractivity contribution in [3.05, 3.63) is 70.3 Å². The van der Waals surface area contributed by atoms with Gasteiger partial charge < -0.3 is 9.84 Å². The summed E-state index contributed by atoms with van der Waals surface area (Å²) in [7, 11) is 0. The van der Waals surface area contributed by atoms with Gasteiger partial charge in [0.2, 0.25) is 0 Å². The smallest absolute Gasteiger partial charge is 0.347 e. The highest BCUT2D eigenvalue weighted by atomic mass is 16.5. The van der Waals surface area contributed by atoms with Crippen molar-refractivity contribution < 1.29 is 19.4 Å². The normalized spacial score (nSPS) is 11.8. The summed E-state index contributed by atoms with van der Waals surface area (Å²) in [5.41, 5.74) is 3.04. The fourth-order valence-electron chi connectivity index (χ4n) is 2.84. The number of rotatable bonds is 7. The number of ether oxygens (including phenoxy) is 1. The minimum atomic E-state index is -1.31. The molecule has 0 aromatic heterocycles. The van der Waals surface area contributed by atoms with Crippen LogP contribution >= 0.6 is 0 Å². The molecule has 0 unspecified atom stereocenters. The molecule has 0 atom stereocenters. The molecule has 2 aromatic carbocycles. The maximum absolute atomic E-state index is 12.4. The zero-order chi connectivity index (χ0) is 21.1. The summed E-state index contributed by atoms with van der Waals surface area (Å²) >= 11 is 0. The first-order valence-electron chi connectivity index (χ1n) is 9.37. The van der Waals surface area contributed by atoms with Gasteiger partial charge in [-0.3, -0.25) is 4.79 Å². The van der Waals surface area contributed by atoms with Crippen molar-refractivity contribution in [2.24, 2.45) is 0 Å². The van der Waals surface area contributed by atoms with E-state index in [0.29, 0.717) is 17.2 Å². The Hall–Kier alpha value is -2.88. The molecule has 0 aliphatic carbocycles. The summed E-state index contributed by atoms with van der Waals surface area (Å²) in [4.78, 5) is 23.7. The van der Waals surface area contributed by atoms with Crippen LogP contribution < -0.4 is 4.74 Å². The fourth-order valence-corrected chi connectivity index (χ4v) is 2.84. The third-order valence-corrected chi connectivity index (χ3v) is 4.64. The molecule has 0 aliphatic heterocycles. The minimum Gasteiger partial charge on any atom is -0.478 e. The number of carbonyl (C=O) groups excluding carboxylic acids is 1. The molecule has 0 spiro atoms. The monoisotopic (exact) mass is 380 g/mol. The first-order chi connectivity index (χ1) is 13.0. The Bertz CT molecular complexity index is 880. The van der Waals surface area contributed by atoms with Crippen LogP contribution in [0.4, 0.5) is 0 Å². The van der Waals surface area contributed by atoms with Crippen molar-refractivity contribution in [1.82, 2.24) is 0 Å². The Kier molecular flexibility index (Phi) is 6.45. The SMILES string of the molecule is Cc1cc(/C=C/C(=O)c2ccc(C(C)C)cc2)cc(C)c1OC(C)(C)C(=O)O. The van der Waals surface area contributed by atoms with Crippen LogP contribution in [0.3, 0.4) is 0 Å². The maximum atomic E-state index is 12.4. The number of carbonyl (C=O) groups is 2. The van der Waals surface area contributed by atoms with Gasteiger partial charge in [-0.2, -0.15) is 0 Å². The minimum absolute atomic E-state index is 0.0575. The number of aryl methyl sites for hydroxylation is 2. The van der Waals surface area contributed by atoms with Crippen LogP contribution in [0.25, 0.3) is 6.08 Å². The lowest BCUT2D eigenvalue weighted by molar-refractivity contribution is -0.152. The fraction of sp³-hybridized carbons (Fsp3) is 0.333. The topological polar surface area (TPSA) is 63.6 Å². The van der Waals surface area contributed by atoms with Crippen molar-refractivity contribution in [1.29, 1.82) is 0 Å². The summed E-state index contributed by atoms with van der Waals surface area (Å²) in [6.45, 7) is 11.0. The van der Waals surface area contributed by atoms with E-state index in [1.165, 1.54) is 19.4 Å². The molecule has 0 amide bonds. The molecule has 0 radical (unpaired) electrons. The Morgan fingerprint density at radius 3 is 2.04 bits per heavy atom. The zero-order valence-corrected chi connectivity index (χ0v) is 17.4. The van der Waals surface area contributed by atoms with Crippen molar-refractivity contribution >= 4 is 17.8 Å². The Morgan fingerprint density at radius 1 is 1.04 bits per heavy atom. The van der Waals surface area contributed by atoms with Crippen LogP contribution in [0, 0.1) is 13.8 Å². The van der Waals surface area contributed by atoms with Crippen LogP contribution in [-0.2, 0) is 4.79 Å². The molecule has 0 aliphatic rings.